The molecule has 0 unspecified atom stereocenters. The van der Waals surface area contributed by atoms with Gasteiger partial charge in [0.1, 0.15) is 0 Å². The molecule has 12 aromatic rings. The largest absolute Gasteiger partial charge is 0.310 e. The van der Waals surface area contributed by atoms with Gasteiger partial charge in [0.05, 0.1) is 16.5 Å². The van der Waals surface area contributed by atoms with Gasteiger partial charge in [-0.1, -0.05) is 224 Å². The Morgan fingerprint density at radius 1 is 0.286 bits per heavy atom. The van der Waals surface area contributed by atoms with Crippen molar-refractivity contribution < 1.29 is 0 Å². The van der Waals surface area contributed by atoms with Gasteiger partial charge in [-0.25, -0.2) is 0 Å². The van der Waals surface area contributed by atoms with Crippen molar-refractivity contribution in [3.8, 4) is 33.4 Å². The van der Waals surface area contributed by atoms with Gasteiger partial charge in [0, 0.05) is 37.1 Å². The van der Waals surface area contributed by atoms with Gasteiger partial charge >= 0.3 is 0 Å². The van der Waals surface area contributed by atoms with Crippen LogP contribution in [-0.4, -0.2) is 0 Å². The number of fused-ring (bicyclic) bond motifs is 9. The maximum absolute atomic E-state index is 2.51. The second-order valence-electron chi connectivity index (χ2n) is 18.7. The van der Waals surface area contributed by atoms with Crippen LogP contribution in [0.1, 0.15) is 44.5 Å². The normalized spacial score (nSPS) is 13.7. The number of hydrogen-bond acceptors (Lipinski definition) is 2. The molecule has 0 fully saturated rings. The van der Waals surface area contributed by atoms with E-state index in [0.717, 1.165) is 17.1 Å². The van der Waals surface area contributed by atoms with E-state index in [1.807, 2.05) is 11.3 Å². The van der Waals surface area contributed by atoms with Crippen LogP contribution in [0.15, 0.2) is 273 Å². The average Bonchev–Trinajstić information content (AvgIpc) is 4.08. The first kappa shape index (κ1) is 40.5. The molecule has 0 saturated heterocycles. The maximum atomic E-state index is 2.51. The summed E-state index contributed by atoms with van der Waals surface area (Å²) >= 11 is 1.86. The van der Waals surface area contributed by atoms with Gasteiger partial charge in [-0.2, -0.15) is 0 Å². The van der Waals surface area contributed by atoms with Gasteiger partial charge < -0.3 is 4.90 Å². The van der Waals surface area contributed by atoms with Crippen LogP contribution < -0.4 is 4.90 Å². The lowest BCUT2D eigenvalue weighted by Gasteiger charge is -2.38. The van der Waals surface area contributed by atoms with E-state index >= 15 is 0 Å². The number of benzene rings is 11. The monoisotopic (exact) mass is 907 g/mol. The van der Waals surface area contributed by atoms with Crippen molar-refractivity contribution >= 4 is 48.6 Å². The number of thiophene rings is 1. The van der Waals surface area contributed by atoms with E-state index in [1.165, 1.54) is 98.1 Å². The van der Waals surface area contributed by atoms with E-state index in [9.17, 15) is 0 Å². The van der Waals surface area contributed by atoms with Crippen molar-refractivity contribution in [2.24, 2.45) is 0 Å². The summed E-state index contributed by atoms with van der Waals surface area (Å²) in [5.41, 5.74) is 19.9. The Labute approximate surface area is 412 Å². The molecule has 328 valence electrons. The fraction of sp³-hybridized carbons (Fsp3) is 0.0294. The summed E-state index contributed by atoms with van der Waals surface area (Å²) in [4.78, 5) is 2.51. The molecule has 1 nitrogen and oxygen atoms in total. The number of rotatable bonds is 8. The summed E-state index contributed by atoms with van der Waals surface area (Å²) < 4.78 is 2.64. The topological polar surface area (TPSA) is 3.24 Å². The van der Waals surface area contributed by atoms with E-state index in [2.05, 4.69) is 278 Å². The third-order valence-corrected chi connectivity index (χ3v) is 16.4. The second-order valence-corrected chi connectivity index (χ2v) is 19.8. The first-order valence-electron chi connectivity index (χ1n) is 24.2. The summed E-state index contributed by atoms with van der Waals surface area (Å²) in [6.45, 7) is 0. The zero-order valence-electron chi connectivity index (χ0n) is 38.3. The first-order chi connectivity index (χ1) is 34.7. The van der Waals surface area contributed by atoms with E-state index in [1.54, 1.807) is 0 Å². The third kappa shape index (κ3) is 5.84. The Morgan fingerprint density at radius 2 is 0.714 bits per heavy atom. The summed E-state index contributed by atoms with van der Waals surface area (Å²) in [6, 6.07) is 102. The zero-order valence-corrected chi connectivity index (χ0v) is 39.2. The minimum Gasteiger partial charge on any atom is -0.310 e. The predicted octanol–water partition coefficient (Wildman–Crippen LogP) is 17.9. The van der Waals surface area contributed by atoms with Crippen LogP contribution in [0.3, 0.4) is 0 Å². The molecule has 0 spiro atoms. The van der Waals surface area contributed by atoms with Crippen LogP contribution in [0.4, 0.5) is 17.1 Å². The zero-order chi connectivity index (χ0) is 46.2. The highest BCUT2D eigenvalue weighted by Gasteiger charge is 2.49. The lowest BCUT2D eigenvalue weighted by Crippen LogP contribution is -2.30. The van der Waals surface area contributed by atoms with E-state index in [0.29, 0.717) is 0 Å². The molecular weight excluding hydrogens is 863 g/mol. The minimum absolute atomic E-state index is 0.500. The van der Waals surface area contributed by atoms with Gasteiger partial charge in [-0.3, -0.25) is 0 Å². The highest BCUT2D eigenvalue weighted by molar-refractivity contribution is 7.25. The molecule has 0 amide bonds. The molecule has 0 N–H and O–H groups in total. The van der Waals surface area contributed by atoms with Crippen LogP contribution in [0, 0.1) is 0 Å². The lowest BCUT2D eigenvalue weighted by atomic mass is 9.67. The molecule has 14 rings (SSSR count). The first-order valence-corrected chi connectivity index (χ1v) is 25.1. The van der Waals surface area contributed by atoms with Crippen LogP contribution >= 0.6 is 11.3 Å². The Hall–Kier alpha value is -8.56. The molecule has 1 heterocycles. The van der Waals surface area contributed by atoms with Crippen LogP contribution in [0.25, 0.3) is 53.6 Å². The molecule has 1 aromatic heterocycles. The van der Waals surface area contributed by atoms with Gasteiger partial charge in [-0.15, -0.1) is 11.3 Å². The molecule has 2 aliphatic rings. The van der Waals surface area contributed by atoms with Crippen LogP contribution in [-0.2, 0) is 10.8 Å². The molecule has 0 bridgehead atoms. The third-order valence-electron chi connectivity index (χ3n) is 15.2. The predicted molar refractivity (Wildman–Crippen MR) is 294 cm³/mol. The van der Waals surface area contributed by atoms with E-state index < -0.39 is 10.8 Å². The van der Waals surface area contributed by atoms with Crippen molar-refractivity contribution in [1.82, 2.24) is 0 Å². The molecule has 0 atom stereocenters. The molecule has 70 heavy (non-hydrogen) atoms. The molecular formula is C68H45NS. The lowest BCUT2D eigenvalue weighted by molar-refractivity contribution is 0.766. The van der Waals surface area contributed by atoms with E-state index in [4.69, 9.17) is 0 Å². The standard InChI is InChI=1S/C68H45NS/c1-4-19-48(20-5-1)67(60-30-14-10-25-54(60)55-26-11-15-31-61(55)67)51-38-42-53(43-39-51)69(52-40-35-46(36-41-52)47-37-44-65-59(45-47)57-28-13-17-34-64(57)70-65)63-33-18-29-58-56-27-12-16-32-62(56)68(66(58)63,49-21-6-2-7-22-49)50-23-8-3-9-24-50/h1-45H. The summed E-state index contributed by atoms with van der Waals surface area (Å²) in [7, 11) is 0. The molecule has 0 radical (unpaired) electrons. The fourth-order valence-corrected chi connectivity index (χ4v) is 13.5. The number of anilines is 3. The van der Waals surface area contributed by atoms with Crippen molar-refractivity contribution in [2.45, 2.75) is 10.8 Å². The molecule has 11 aromatic carbocycles. The summed E-state index contributed by atoms with van der Waals surface area (Å²) in [5, 5.41) is 2.62. The highest BCUT2D eigenvalue weighted by Crippen LogP contribution is 2.61. The van der Waals surface area contributed by atoms with E-state index in [-0.39, 0.29) is 0 Å². The van der Waals surface area contributed by atoms with Crippen molar-refractivity contribution in [3.05, 3.63) is 317 Å². The quantitative estimate of drug-likeness (QED) is 0.147. The van der Waals surface area contributed by atoms with Gasteiger partial charge in [0.25, 0.3) is 0 Å². The Morgan fingerprint density at radius 3 is 1.31 bits per heavy atom. The van der Waals surface area contributed by atoms with Gasteiger partial charge in [-0.05, 0) is 121 Å². The Kier molecular flexibility index (Phi) is 9.27. The molecule has 2 heteroatoms. The second kappa shape index (κ2) is 16.0. The maximum Gasteiger partial charge on any atom is 0.0734 e. The van der Waals surface area contributed by atoms with Gasteiger partial charge in [0.2, 0.25) is 0 Å². The summed E-state index contributed by atoms with van der Waals surface area (Å²) in [6.07, 6.45) is 0. The van der Waals surface area contributed by atoms with Crippen LogP contribution in [0.2, 0.25) is 0 Å². The smallest absolute Gasteiger partial charge is 0.0734 e. The van der Waals surface area contributed by atoms with Crippen molar-refractivity contribution in [3.63, 3.8) is 0 Å². The fourth-order valence-electron chi connectivity index (χ4n) is 12.4. The SMILES string of the molecule is c1ccc(C2(c3ccc(N(c4ccc(-c5ccc6sc7ccccc7c6c5)cc4)c4cccc5c4C(c4ccccc4)(c4ccccc4)c4ccccc4-5)cc3)c3ccccc3-c3ccccc32)cc1. The Balaban J connectivity index is 1.00. The molecule has 2 aliphatic carbocycles. The average molecular weight is 908 g/mol. The Bertz CT molecular complexity index is 3840. The number of nitrogens with zero attached hydrogens (tertiary/aromatic N) is 1. The molecule has 0 aliphatic heterocycles. The minimum atomic E-state index is -0.601. The van der Waals surface area contributed by atoms with Crippen LogP contribution in [0.5, 0.6) is 0 Å². The molecule has 0 saturated carbocycles. The van der Waals surface area contributed by atoms with Gasteiger partial charge in [0.15, 0.2) is 0 Å². The summed E-state index contributed by atoms with van der Waals surface area (Å²) in [5.74, 6) is 0. The van der Waals surface area contributed by atoms with Crippen molar-refractivity contribution in [1.29, 1.82) is 0 Å². The number of hydrogen-bond donors (Lipinski definition) is 0. The van der Waals surface area contributed by atoms with Crippen molar-refractivity contribution in [2.75, 3.05) is 4.90 Å². The highest BCUT2D eigenvalue weighted by atomic mass is 32.1.